The zero-order valence-corrected chi connectivity index (χ0v) is 17.0. The summed E-state index contributed by atoms with van der Waals surface area (Å²) in [5.74, 6) is -0.102. The third kappa shape index (κ3) is 4.48. The molecule has 1 unspecified atom stereocenters. The maximum absolute atomic E-state index is 12.3. The van der Waals surface area contributed by atoms with Gasteiger partial charge in [-0.3, -0.25) is 4.79 Å². The number of rotatable bonds is 7. The molecule has 1 aliphatic rings. The van der Waals surface area contributed by atoms with E-state index in [0.717, 1.165) is 16.1 Å². The zero-order chi connectivity index (χ0) is 21.7. The van der Waals surface area contributed by atoms with Crippen LogP contribution in [0.5, 0.6) is 5.75 Å². The zero-order valence-electron chi connectivity index (χ0n) is 17.0. The Bertz CT molecular complexity index is 969. The second-order valence-electron chi connectivity index (χ2n) is 7.02. The number of benzene rings is 2. The molecule has 0 bridgehead atoms. The van der Waals surface area contributed by atoms with Gasteiger partial charge in [0.05, 0.1) is 18.9 Å². The van der Waals surface area contributed by atoms with E-state index >= 15 is 0 Å². The van der Waals surface area contributed by atoms with Crippen LogP contribution in [-0.2, 0) is 16.1 Å². The normalized spacial score (nSPS) is 18.6. The summed E-state index contributed by atoms with van der Waals surface area (Å²) < 4.78 is 10.4. The van der Waals surface area contributed by atoms with Gasteiger partial charge in [-0.15, -0.1) is 5.01 Å². The van der Waals surface area contributed by atoms with E-state index in [0.29, 0.717) is 24.3 Å². The minimum atomic E-state index is -0.916. The number of nitrogens with one attached hydrogen (secondary N) is 1. The smallest absolute Gasteiger partial charge is 0.346 e. The first kappa shape index (κ1) is 21.0. The van der Waals surface area contributed by atoms with Crippen molar-refractivity contribution in [3.63, 3.8) is 0 Å². The Morgan fingerprint density at radius 3 is 2.37 bits per heavy atom. The number of hydrogen-bond acceptors (Lipinski definition) is 6. The lowest BCUT2D eigenvalue weighted by atomic mass is 10.00. The summed E-state index contributed by atoms with van der Waals surface area (Å²) in [5.41, 5.74) is 1.19. The van der Waals surface area contributed by atoms with Gasteiger partial charge in [0.15, 0.2) is 0 Å². The van der Waals surface area contributed by atoms with E-state index in [9.17, 15) is 14.4 Å². The number of hydrazone groups is 1. The molecule has 1 saturated heterocycles. The Balaban J connectivity index is 1.57. The molecular weight excluding hydrogens is 386 g/mol. The molecular formula is C22H23N3O5. The Hall–Kier alpha value is -3.68. The molecule has 1 fully saturated rings. The van der Waals surface area contributed by atoms with Crippen molar-refractivity contribution in [1.82, 2.24) is 10.3 Å². The number of urea groups is 1. The highest BCUT2D eigenvalue weighted by atomic mass is 16.5. The van der Waals surface area contributed by atoms with Gasteiger partial charge in [-0.25, -0.2) is 9.59 Å². The van der Waals surface area contributed by atoms with Gasteiger partial charge in [-0.1, -0.05) is 19.1 Å². The number of hydrogen-bond donors (Lipinski definition) is 1. The van der Waals surface area contributed by atoms with Crippen LogP contribution >= 0.6 is 0 Å². The summed E-state index contributed by atoms with van der Waals surface area (Å²) in [6.45, 7) is 3.85. The molecule has 1 N–H and O–H groups in total. The minimum Gasteiger partial charge on any atom is -0.489 e. The fourth-order valence-corrected chi connectivity index (χ4v) is 2.81. The number of carbonyl (C=O) groups is 3. The highest BCUT2D eigenvalue weighted by Crippen LogP contribution is 2.21. The molecule has 3 amide bonds. The van der Waals surface area contributed by atoms with Crippen molar-refractivity contribution in [3.05, 3.63) is 65.2 Å². The standard InChI is InChI=1S/C22H23N3O5/c1-4-22(2)20(27)25(21(28)24-22)23-13-15-7-11-18(12-8-15)30-14-16-5-9-17(10-6-16)19(26)29-3/h5-13H,4,14H2,1-3H3,(H,24,28)/b23-13+. The third-order valence-electron chi connectivity index (χ3n) is 4.93. The molecule has 30 heavy (non-hydrogen) atoms. The molecule has 1 heterocycles. The number of imide groups is 1. The lowest BCUT2D eigenvalue weighted by Gasteiger charge is -2.17. The highest BCUT2D eigenvalue weighted by Gasteiger charge is 2.46. The van der Waals surface area contributed by atoms with Crippen molar-refractivity contribution in [1.29, 1.82) is 0 Å². The molecule has 8 nitrogen and oxygen atoms in total. The van der Waals surface area contributed by atoms with Gasteiger partial charge >= 0.3 is 12.0 Å². The molecule has 0 aromatic heterocycles. The Morgan fingerprint density at radius 1 is 1.13 bits per heavy atom. The molecule has 1 atom stereocenters. The van der Waals surface area contributed by atoms with E-state index in [4.69, 9.17) is 4.74 Å². The maximum Gasteiger partial charge on any atom is 0.346 e. The van der Waals surface area contributed by atoms with Crippen molar-refractivity contribution in [2.24, 2.45) is 5.10 Å². The second kappa shape index (κ2) is 8.77. The summed E-state index contributed by atoms with van der Waals surface area (Å²) in [6.07, 6.45) is 1.94. The summed E-state index contributed by atoms with van der Waals surface area (Å²) >= 11 is 0. The van der Waals surface area contributed by atoms with Crippen molar-refractivity contribution in [2.75, 3.05) is 7.11 Å². The van der Waals surface area contributed by atoms with E-state index in [2.05, 4.69) is 15.2 Å². The van der Waals surface area contributed by atoms with E-state index in [1.54, 1.807) is 55.5 Å². The van der Waals surface area contributed by atoms with Crippen molar-refractivity contribution in [2.45, 2.75) is 32.4 Å². The molecule has 3 rings (SSSR count). The Labute approximate surface area is 174 Å². The van der Waals surface area contributed by atoms with Crippen LogP contribution in [-0.4, -0.2) is 41.8 Å². The third-order valence-corrected chi connectivity index (χ3v) is 4.93. The molecule has 2 aromatic rings. The van der Waals surface area contributed by atoms with Gasteiger partial charge in [-0.2, -0.15) is 5.10 Å². The summed E-state index contributed by atoms with van der Waals surface area (Å²) in [7, 11) is 1.34. The van der Waals surface area contributed by atoms with Crippen LogP contribution in [0.4, 0.5) is 4.79 Å². The van der Waals surface area contributed by atoms with Gasteiger partial charge in [0.1, 0.15) is 17.9 Å². The predicted molar refractivity (Wildman–Crippen MR) is 110 cm³/mol. The average Bonchev–Trinajstić information content (AvgIpc) is 2.99. The highest BCUT2D eigenvalue weighted by molar-refractivity contribution is 6.07. The number of carbonyl (C=O) groups excluding carboxylic acids is 3. The first-order valence-corrected chi connectivity index (χ1v) is 9.47. The van der Waals surface area contributed by atoms with Crippen molar-refractivity contribution in [3.8, 4) is 5.75 Å². The van der Waals surface area contributed by atoms with Crippen LogP contribution in [0.25, 0.3) is 0 Å². The summed E-state index contributed by atoms with van der Waals surface area (Å²) in [6, 6.07) is 13.5. The van der Waals surface area contributed by atoms with E-state index < -0.39 is 11.6 Å². The van der Waals surface area contributed by atoms with Crippen LogP contribution in [0.3, 0.4) is 0 Å². The monoisotopic (exact) mass is 409 g/mol. The van der Waals surface area contributed by atoms with Crippen molar-refractivity contribution >= 4 is 24.1 Å². The van der Waals surface area contributed by atoms with Gasteiger partial charge < -0.3 is 14.8 Å². The van der Waals surface area contributed by atoms with Gasteiger partial charge in [0, 0.05) is 0 Å². The maximum atomic E-state index is 12.3. The fourth-order valence-electron chi connectivity index (χ4n) is 2.81. The predicted octanol–water partition coefficient (Wildman–Crippen LogP) is 3.11. The van der Waals surface area contributed by atoms with Crippen LogP contribution < -0.4 is 10.1 Å². The fraction of sp³-hybridized carbons (Fsp3) is 0.273. The topological polar surface area (TPSA) is 97.3 Å². The quantitative estimate of drug-likeness (QED) is 0.431. The Morgan fingerprint density at radius 2 is 1.80 bits per heavy atom. The summed E-state index contributed by atoms with van der Waals surface area (Å²) in [5, 5.41) is 7.52. The number of ether oxygens (including phenoxy) is 2. The minimum absolute atomic E-state index is 0.340. The lowest BCUT2D eigenvalue weighted by Crippen LogP contribution is -2.42. The SMILES string of the molecule is CCC1(C)NC(=O)N(/N=C/c2ccc(OCc3ccc(C(=O)OC)cc3)cc2)C1=O. The second-order valence-corrected chi connectivity index (χ2v) is 7.02. The molecule has 0 aliphatic carbocycles. The van der Waals surface area contributed by atoms with E-state index in [-0.39, 0.29) is 11.9 Å². The molecule has 0 radical (unpaired) electrons. The van der Waals surface area contributed by atoms with Crippen LogP contribution in [0, 0.1) is 0 Å². The van der Waals surface area contributed by atoms with Gasteiger partial charge in [0.2, 0.25) is 0 Å². The van der Waals surface area contributed by atoms with Crippen LogP contribution in [0.2, 0.25) is 0 Å². The summed E-state index contributed by atoms with van der Waals surface area (Å²) in [4.78, 5) is 35.7. The number of esters is 1. The van der Waals surface area contributed by atoms with Gasteiger partial charge in [-0.05, 0) is 60.9 Å². The molecule has 0 spiro atoms. The number of amides is 3. The van der Waals surface area contributed by atoms with Crippen LogP contribution in [0.1, 0.15) is 41.8 Å². The van der Waals surface area contributed by atoms with Crippen molar-refractivity contribution < 1.29 is 23.9 Å². The van der Waals surface area contributed by atoms with Crippen LogP contribution in [0.15, 0.2) is 53.6 Å². The largest absolute Gasteiger partial charge is 0.489 e. The molecule has 1 aliphatic heterocycles. The number of methoxy groups -OCH3 is 1. The average molecular weight is 409 g/mol. The van der Waals surface area contributed by atoms with E-state index in [1.165, 1.54) is 13.3 Å². The Kier molecular flexibility index (Phi) is 6.15. The van der Waals surface area contributed by atoms with Gasteiger partial charge in [0.25, 0.3) is 5.91 Å². The first-order chi connectivity index (χ1) is 14.4. The lowest BCUT2D eigenvalue weighted by molar-refractivity contribution is -0.130. The molecule has 8 heteroatoms. The first-order valence-electron chi connectivity index (χ1n) is 9.47. The molecule has 156 valence electrons. The molecule has 0 saturated carbocycles. The van der Waals surface area contributed by atoms with E-state index in [1.807, 2.05) is 6.92 Å². The molecule has 2 aromatic carbocycles. The number of nitrogens with zero attached hydrogens (tertiary/aromatic N) is 2.